The predicted molar refractivity (Wildman–Crippen MR) is 142 cm³/mol. The van der Waals surface area contributed by atoms with E-state index >= 15 is 0 Å². The van der Waals surface area contributed by atoms with Gasteiger partial charge in [-0.05, 0) is 97.7 Å². The van der Waals surface area contributed by atoms with Crippen LogP contribution in [0.4, 0.5) is 4.39 Å². The second kappa shape index (κ2) is 6.01. The molecular formula is C31H24FN5. The second-order valence-electron chi connectivity index (χ2n) is 12.1. The summed E-state index contributed by atoms with van der Waals surface area (Å²) in [5.41, 5.74) is 7.54. The number of halogens is 1. The molecule has 2 unspecified atom stereocenters. The predicted octanol–water partition coefficient (Wildman–Crippen LogP) is 7.02. The van der Waals surface area contributed by atoms with Crippen molar-refractivity contribution in [2.24, 2.45) is 23.2 Å². The lowest BCUT2D eigenvalue weighted by Gasteiger charge is -2.74. The molecule has 4 aliphatic carbocycles. The van der Waals surface area contributed by atoms with Crippen LogP contribution in [-0.2, 0) is 5.41 Å². The summed E-state index contributed by atoms with van der Waals surface area (Å²) in [6, 6.07) is 13.2. The number of fused-ring (bicyclic) bond motifs is 8. The van der Waals surface area contributed by atoms with Crippen LogP contribution in [0.15, 0.2) is 54.9 Å². The zero-order valence-corrected chi connectivity index (χ0v) is 20.2. The van der Waals surface area contributed by atoms with Gasteiger partial charge in [0.2, 0.25) is 0 Å². The monoisotopic (exact) mass is 485 g/mol. The van der Waals surface area contributed by atoms with Crippen LogP contribution in [0, 0.1) is 29.0 Å². The topological polar surface area (TPSA) is 70.2 Å². The van der Waals surface area contributed by atoms with Gasteiger partial charge in [-0.15, -0.1) is 0 Å². The average Bonchev–Trinajstić information content (AvgIpc) is 3.66. The molecule has 0 amide bonds. The van der Waals surface area contributed by atoms with E-state index < -0.39 is 0 Å². The summed E-state index contributed by atoms with van der Waals surface area (Å²) in [5.74, 6) is 3.24. The number of hydrogen-bond donors (Lipinski definition) is 2. The van der Waals surface area contributed by atoms with Crippen LogP contribution < -0.4 is 0 Å². The van der Waals surface area contributed by atoms with Crippen molar-refractivity contribution in [1.82, 2.24) is 24.9 Å². The summed E-state index contributed by atoms with van der Waals surface area (Å²) in [6.45, 7) is 0. The fourth-order valence-corrected chi connectivity index (χ4v) is 9.85. The molecule has 4 saturated carbocycles. The zero-order valence-electron chi connectivity index (χ0n) is 20.2. The number of rotatable bonds is 2. The number of imidazole rings is 1. The Bertz CT molecular complexity index is 1890. The highest BCUT2D eigenvalue weighted by atomic mass is 19.1. The van der Waals surface area contributed by atoms with E-state index in [2.05, 4.69) is 32.1 Å². The Morgan fingerprint density at radius 3 is 2.35 bits per heavy atom. The molecule has 4 aliphatic rings. The summed E-state index contributed by atoms with van der Waals surface area (Å²) in [6.07, 6.45) is 10.3. The second-order valence-corrected chi connectivity index (χ2v) is 12.1. The number of nitrogens with one attached hydrogen (secondary N) is 2. The Labute approximate surface area is 211 Å². The van der Waals surface area contributed by atoms with Crippen molar-refractivity contribution in [3.05, 3.63) is 66.4 Å². The summed E-state index contributed by atoms with van der Waals surface area (Å²) < 4.78 is 14.7. The molecule has 4 aromatic heterocycles. The largest absolute Gasteiger partial charge is 0.357 e. The van der Waals surface area contributed by atoms with Crippen LogP contribution in [0.3, 0.4) is 0 Å². The molecule has 2 atom stereocenters. The van der Waals surface area contributed by atoms with Crippen LogP contribution in [0.1, 0.15) is 37.8 Å². The first-order chi connectivity index (χ1) is 18.2. The van der Waals surface area contributed by atoms with Gasteiger partial charge in [-0.25, -0.2) is 9.37 Å². The molecule has 180 valence electrons. The van der Waals surface area contributed by atoms with Crippen molar-refractivity contribution in [2.45, 2.75) is 37.5 Å². The third-order valence-corrected chi connectivity index (χ3v) is 10.9. The van der Waals surface area contributed by atoms with Crippen LogP contribution in [0.5, 0.6) is 0 Å². The SMILES string of the molecule is Fc1ccc2[nH]c(C34CC5CC6CC(C3)C54C6)c(-c3nc4c5cccnc5c5ncccc5c4[nH]3)c2c1. The molecule has 2 aromatic carbocycles. The lowest BCUT2D eigenvalue weighted by atomic mass is 9.29. The van der Waals surface area contributed by atoms with Crippen molar-refractivity contribution in [3.8, 4) is 11.4 Å². The van der Waals surface area contributed by atoms with Crippen LogP contribution in [0.25, 0.3) is 55.1 Å². The normalized spacial score (nSPS) is 31.3. The summed E-state index contributed by atoms with van der Waals surface area (Å²) in [4.78, 5) is 22.1. The maximum absolute atomic E-state index is 14.7. The Morgan fingerprint density at radius 2 is 1.57 bits per heavy atom. The van der Waals surface area contributed by atoms with E-state index in [9.17, 15) is 4.39 Å². The van der Waals surface area contributed by atoms with E-state index in [4.69, 9.17) is 4.98 Å². The van der Waals surface area contributed by atoms with Gasteiger partial charge in [0.1, 0.15) is 11.6 Å². The van der Waals surface area contributed by atoms with E-state index in [0.29, 0.717) is 5.41 Å². The fraction of sp³-hybridized carbons (Fsp3) is 0.323. The molecule has 6 aromatic rings. The van der Waals surface area contributed by atoms with E-state index in [1.54, 1.807) is 12.1 Å². The van der Waals surface area contributed by atoms with Gasteiger partial charge in [0.05, 0.1) is 22.1 Å². The Kier molecular flexibility index (Phi) is 3.14. The summed E-state index contributed by atoms with van der Waals surface area (Å²) in [5, 5.41) is 2.91. The number of pyridine rings is 2. The van der Waals surface area contributed by atoms with Crippen LogP contribution in [-0.4, -0.2) is 24.9 Å². The molecule has 37 heavy (non-hydrogen) atoms. The minimum Gasteiger partial charge on any atom is -0.357 e. The molecule has 6 heteroatoms. The molecule has 2 bridgehead atoms. The number of hydrogen-bond acceptors (Lipinski definition) is 3. The summed E-state index contributed by atoms with van der Waals surface area (Å²) >= 11 is 0. The van der Waals surface area contributed by atoms with Gasteiger partial charge in [0.15, 0.2) is 0 Å². The number of aromatic amines is 2. The summed E-state index contributed by atoms with van der Waals surface area (Å²) in [7, 11) is 0. The van der Waals surface area contributed by atoms with Gasteiger partial charge in [-0.2, -0.15) is 0 Å². The van der Waals surface area contributed by atoms with Crippen LogP contribution >= 0.6 is 0 Å². The maximum Gasteiger partial charge on any atom is 0.141 e. The van der Waals surface area contributed by atoms with Gasteiger partial charge >= 0.3 is 0 Å². The molecule has 10 rings (SSSR count). The van der Waals surface area contributed by atoms with E-state index in [1.807, 2.05) is 30.6 Å². The molecule has 0 radical (unpaired) electrons. The van der Waals surface area contributed by atoms with Crippen molar-refractivity contribution < 1.29 is 4.39 Å². The third-order valence-electron chi connectivity index (χ3n) is 10.9. The standard InChI is InChI=1S/C31H24FN5/c32-18-5-6-22-21(11-18)23(28(35-22)30-13-16-9-15-10-17(14-30)31(16,30)12-15)29-36-26-19-3-1-7-33-24(19)25-20(27(26)37-29)4-2-8-34-25/h1-8,11,15-17,35H,9-10,12-14H2,(H,36,37). The van der Waals surface area contributed by atoms with Gasteiger partial charge < -0.3 is 9.97 Å². The van der Waals surface area contributed by atoms with Crippen molar-refractivity contribution in [1.29, 1.82) is 0 Å². The molecule has 2 N–H and O–H groups in total. The number of aromatic nitrogens is 5. The van der Waals surface area contributed by atoms with E-state index in [1.165, 1.54) is 37.8 Å². The minimum absolute atomic E-state index is 0.171. The molecule has 1 spiro atoms. The molecule has 4 heterocycles. The molecule has 0 saturated heterocycles. The quantitative estimate of drug-likeness (QED) is 0.259. The first-order valence-corrected chi connectivity index (χ1v) is 13.5. The van der Waals surface area contributed by atoms with E-state index in [0.717, 1.165) is 72.9 Å². The van der Waals surface area contributed by atoms with Crippen molar-refractivity contribution in [3.63, 3.8) is 0 Å². The highest BCUT2D eigenvalue weighted by Crippen LogP contribution is 2.87. The van der Waals surface area contributed by atoms with Gasteiger partial charge in [-0.1, -0.05) is 0 Å². The van der Waals surface area contributed by atoms with Gasteiger partial charge in [0.25, 0.3) is 0 Å². The first-order valence-electron chi connectivity index (χ1n) is 13.5. The fourth-order valence-electron chi connectivity index (χ4n) is 9.85. The third kappa shape index (κ3) is 2.00. The Hall–Kier alpha value is -3.80. The molecule has 5 nitrogen and oxygen atoms in total. The number of benzene rings is 2. The van der Waals surface area contributed by atoms with E-state index in [-0.39, 0.29) is 11.2 Å². The van der Waals surface area contributed by atoms with Crippen molar-refractivity contribution >= 4 is 43.7 Å². The lowest BCUT2D eigenvalue weighted by molar-refractivity contribution is -0.206. The zero-order chi connectivity index (χ0) is 24.1. The molecular weight excluding hydrogens is 461 g/mol. The first kappa shape index (κ1) is 19.3. The van der Waals surface area contributed by atoms with Gasteiger partial charge in [-0.3, -0.25) is 9.97 Å². The highest BCUT2D eigenvalue weighted by Gasteiger charge is 2.81. The number of H-pyrrole nitrogens is 2. The Balaban J connectivity index is 1.30. The lowest BCUT2D eigenvalue weighted by Crippen LogP contribution is -2.71. The smallest absolute Gasteiger partial charge is 0.141 e. The Morgan fingerprint density at radius 1 is 0.811 bits per heavy atom. The molecule has 0 aliphatic heterocycles. The minimum atomic E-state index is -0.213. The van der Waals surface area contributed by atoms with Gasteiger partial charge in [0, 0.05) is 50.7 Å². The maximum atomic E-state index is 14.7. The van der Waals surface area contributed by atoms with Crippen LogP contribution in [0.2, 0.25) is 0 Å². The average molecular weight is 486 g/mol. The van der Waals surface area contributed by atoms with Crippen molar-refractivity contribution in [2.75, 3.05) is 0 Å². The number of nitrogens with zero attached hydrogens (tertiary/aromatic N) is 3. The highest BCUT2D eigenvalue weighted by molar-refractivity contribution is 6.21. The molecule has 4 fully saturated rings.